The van der Waals surface area contributed by atoms with Gasteiger partial charge in [-0.25, -0.2) is 4.39 Å². The number of aryl methyl sites for hydroxylation is 1. The van der Waals surface area contributed by atoms with Crippen LogP contribution < -0.4 is 10.9 Å². The summed E-state index contributed by atoms with van der Waals surface area (Å²) in [5, 5.41) is 0.929. The van der Waals surface area contributed by atoms with Crippen LogP contribution >= 0.6 is 0 Å². The average Bonchev–Trinajstić information content (AvgIpc) is 3.04. The van der Waals surface area contributed by atoms with E-state index in [4.69, 9.17) is 4.42 Å². The van der Waals surface area contributed by atoms with E-state index in [0.29, 0.717) is 12.0 Å². The summed E-state index contributed by atoms with van der Waals surface area (Å²) >= 11 is 0. The Morgan fingerprint density at radius 2 is 1.81 bits per heavy atom. The zero-order valence-corrected chi connectivity index (χ0v) is 14.8. The lowest BCUT2D eigenvalue weighted by molar-refractivity contribution is -0.126. The summed E-state index contributed by atoms with van der Waals surface area (Å²) in [6.45, 7) is 1.98. The van der Waals surface area contributed by atoms with Crippen LogP contribution in [0, 0.1) is 5.82 Å². The summed E-state index contributed by atoms with van der Waals surface area (Å²) in [7, 11) is 0. The van der Waals surface area contributed by atoms with E-state index in [9.17, 15) is 14.0 Å². The van der Waals surface area contributed by atoms with E-state index >= 15 is 0 Å². The molecule has 2 amide bonds. The molecule has 0 spiro atoms. The zero-order chi connectivity index (χ0) is 19.2. The predicted molar refractivity (Wildman–Crippen MR) is 101 cm³/mol. The van der Waals surface area contributed by atoms with Crippen molar-refractivity contribution in [2.45, 2.75) is 19.8 Å². The molecule has 0 unspecified atom stereocenters. The number of halogens is 1. The number of fused-ring (bicyclic) bond motifs is 1. The molecule has 1 heterocycles. The molecule has 0 fully saturated rings. The van der Waals surface area contributed by atoms with Gasteiger partial charge in [0, 0.05) is 23.4 Å². The molecule has 1 aromatic heterocycles. The molecule has 27 heavy (non-hydrogen) atoms. The number of hydrogen-bond acceptors (Lipinski definition) is 3. The Hall–Kier alpha value is -3.41. The van der Waals surface area contributed by atoms with Crippen LogP contribution in [-0.2, 0) is 22.4 Å². The molecule has 0 bridgehead atoms. The molecule has 2 N–H and O–H groups in total. The van der Waals surface area contributed by atoms with Crippen molar-refractivity contribution in [1.82, 2.24) is 10.9 Å². The second-order valence-corrected chi connectivity index (χ2v) is 5.96. The SMILES string of the molecule is CCc1oc2ccccc2c1/C=C/C(=O)NNC(=O)Cc1ccc(F)cc1. The Balaban J connectivity index is 1.59. The van der Waals surface area contributed by atoms with Gasteiger partial charge in [-0.15, -0.1) is 0 Å². The van der Waals surface area contributed by atoms with Gasteiger partial charge >= 0.3 is 0 Å². The maximum absolute atomic E-state index is 12.9. The first-order chi connectivity index (χ1) is 13.1. The number of carbonyl (C=O) groups excluding carboxylic acids is 2. The highest BCUT2D eigenvalue weighted by molar-refractivity contribution is 5.97. The average molecular weight is 366 g/mol. The third-order valence-electron chi connectivity index (χ3n) is 4.04. The Labute approximate surface area is 155 Å². The fourth-order valence-corrected chi connectivity index (χ4v) is 2.73. The van der Waals surface area contributed by atoms with Crippen LogP contribution in [0.3, 0.4) is 0 Å². The van der Waals surface area contributed by atoms with E-state index < -0.39 is 11.8 Å². The Morgan fingerprint density at radius 1 is 1.07 bits per heavy atom. The Bertz CT molecular complexity index is 990. The van der Waals surface area contributed by atoms with Crippen LogP contribution in [0.4, 0.5) is 4.39 Å². The highest BCUT2D eigenvalue weighted by Gasteiger charge is 2.10. The van der Waals surface area contributed by atoms with Crippen molar-refractivity contribution in [2.75, 3.05) is 0 Å². The number of benzene rings is 2. The van der Waals surface area contributed by atoms with E-state index in [1.165, 1.54) is 30.3 Å². The third-order valence-corrected chi connectivity index (χ3v) is 4.04. The van der Waals surface area contributed by atoms with Crippen molar-refractivity contribution in [3.8, 4) is 0 Å². The van der Waals surface area contributed by atoms with Crippen molar-refractivity contribution < 1.29 is 18.4 Å². The largest absolute Gasteiger partial charge is 0.460 e. The number of rotatable bonds is 5. The van der Waals surface area contributed by atoms with Crippen molar-refractivity contribution >= 4 is 28.9 Å². The lowest BCUT2D eigenvalue weighted by Crippen LogP contribution is -2.41. The molecule has 3 rings (SSSR count). The number of nitrogens with one attached hydrogen (secondary N) is 2. The highest BCUT2D eigenvalue weighted by atomic mass is 19.1. The summed E-state index contributed by atoms with van der Waals surface area (Å²) in [4.78, 5) is 23.8. The standard InChI is InChI=1S/C21H19FN2O3/c1-2-18-17(16-5-3-4-6-19(16)27-18)11-12-20(25)23-24-21(26)13-14-7-9-15(22)10-8-14/h3-12H,2,13H2,1H3,(H,23,25)(H,24,26)/b12-11+. The molecular formula is C21H19FN2O3. The number of hydrazine groups is 1. The summed E-state index contributed by atoms with van der Waals surface area (Å²) < 4.78 is 18.6. The zero-order valence-electron chi connectivity index (χ0n) is 14.8. The van der Waals surface area contributed by atoms with E-state index in [-0.39, 0.29) is 12.2 Å². The van der Waals surface area contributed by atoms with E-state index in [0.717, 1.165) is 22.3 Å². The molecule has 0 aliphatic heterocycles. The van der Waals surface area contributed by atoms with E-state index in [2.05, 4.69) is 10.9 Å². The molecule has 0 radical (unpaired) electrons. The lowest BCUT2D eigenvalue weighted by atomic mass is 10.1. The van der Waals surface area contributed by atoms with Gasteiger partial charge in [0.25, 0.3) is 5.91 Å². The topological polar surface area (TPSA) is 71.3 Å². The first kappa shape index (κ1) is 18.4. The van der Waals surface area contributed by atoms with Crippen molar-refractivity contribution in [1.29, 1.82) is 0 Å². The summed E-state index contributed by atoms with van der Waals surface area (Å²) in [5.41, 5.74) is 6.93. The van der Waals surface area contributed by atoms with Gasteiger partial charge in [0.1, 0.15) is 17.2 Å². The maximum atomic E-state index is 12.9. The number of amides is 2. The lowest BCUT2D eigenvalue weighted by Gasteiger charge is -2.05. The Morgan fingerprint density at radius 3 is 2.56 bits per heavy atom. The third kappa shape index (κ3) is 4.61. The molecule has 0 saturated carbocycles. The van der Waals surface area contributed by atoms with Crippen LogP contribution in [-0.4, -0.2) is 11.8 Å². The number of furan rings is 1. The minimum Gasteiger partial charge on any atom is -0.460 e. The summed E-state index contributed by atoms with van der Waals surface area (Å²) in [6, 6.07) is 13.2. The van der Waals surface area contributed by atoms with Gasteiger partial charge < -0.3 is 4.42 Å². The minimum absolute atomic E-state index is 0.0383. The van der Waals surface area contributed by atoms with Gasteiger partial charge in [-0.1, -0.05) is 37.3 Å². The Kier molecular flexibility index (Phi) is 5.66. The van der Waals surface area contributed by atoms with Crippen LogP contribution in [0.2, 0.25) is 0 Å². The first-order valence-electron chi connectivity index (χ1n) is 8.58. The number of hydrogen-bond donors (Lipinski definition) is 2. The van der Waals surface area contributed by atoms with Gasteiger partial charge in [-0.2, -0.15) is 0 Å². The molecule has 0 aliphatic rings. The van der Waals surface area contributed by atoms with Crippen LogP contribution in [0.15, 0.2) is 59.0 Å². The smallest absolute Gasteiger partial charge is 0.262 e. The molecule has 5 nitrogen and oxygen atoms in total. The fourth-order valence-electron chi connectivity index (χ4n) is 2.73. The first-order valence-corrected chi connectivity index (χ1v) is 8.58. The van der Waals surface area contributed by atoms with Crippen LogP contribution in [0.25, 0.3) is 17.0 Å². The summed E-state index contributed by atoms with van der Waals surface area (Å²) in [5.74, 6) is -0.433. The second kappa shape index (κ2) is 8.31. The monoisotopic (exact) mass is 366 g/mol. The molecule has 3 aromatic rings. The van der Waals surface area contributed by atoms with Crippen LogP contribution in [0.1, 0.15) is 23.8 Å². The van der Waals surface area contributed by atoms with Gasteiger partial charge in [0.2, 0.25) is 5.91 Å². The van der Waals surface area contributed by atoms with Gasteiger partial charge in [-0.3, -0.25) is 20.4 Å². The summed E-state index contributed by atoms with van der Waals surface area (Å²) in [6.07, 6.45) is 3.75. The number of para-hydroxylation sites is 1. The quantitative estimate of drug-likeness (QED) is 0.536. The maximum Gasteiger partial charge on any atom is 0.262 e. The van der Waals surface area contributed by atoms with Gasteiger partial charge in [-0.05, 0) is 29.8 Å². The predicted octanol–water partition coefficient (Wildman–Crippen LogP) is 3.54. The van der Waals surface area contributed by atoms with Gasteiger partial charge in [0.15, 0.2) is 0 Å². The van der Waals surface area contributed by atoms with Gasteiger partial charge in [0.05, 0.1) is 6.42 Å². The number of carbonyl (C=O) groups is 2. The molecule has 2 aromatic carbocycles. The van der Waals surface area contributed by atoms with Crippen molar-refractivity contribution in [3.63, 3.8) is 0 Å². The van der Waals surface area contributed by atoms with Crippen LogP contribution in [0.5, 0.6) is 0 Å². The molecule has 0 saturated heterocycles. The molecule has 0 aliphatic carbocycles. The minimum atomic E-state index is -0.463. The van der Waals surface area contributed by atoms with Crippen molar-refractivity contribution in [3.05, 3.63) is 77.3 Å². The second-order valence-electron chi connectivity index (χ2n) is 5.96. The molecule has 6 heteroatoms. The van der Waals surface area contributed by atoms with E-state index in [1.807, 2.05) is 31.2 Å². The molecule has 0 atom stereocenters. The molecule has 138 valence electrons. The normalized spacial score (nSPS) is 11.0. The van der Waals surface area contributed by atoms with Crippen molar-refractivity contribution in [2.24, 2.45) is 0 Å². The fraction of sp³-hybridized carbons (Fsp3) is 0.143. The highest BCUT2D eigenvalue weighted by Crippen LogP contribution is 2.27. The molecular weight excluding hydrogens is 347 g/mol. The van der Waals surface area contributed by atoms with E-state index in [1.54, 1.807) is 6.08 Å².